The smallest absolute Gasteiger partial charge is 0.0102 e. The van der Waals surface area contributed by atoms with E-state index in [1.165, 1.54) is 64.5 Å². The molecule has 4 fully saturated rings. The van der Waals surface area contributed by atoms with Crippen LogP contribution < -0.4 is 10.6 Å². The molecule has 2 N–H and O–H groups in total. The highest BCUT2D eigenvalue weighted by Gasteiger charge is 2.65. The molecule has 2 nitrogen and oxygen atoms in total. The lowest BCUT2D eigenvalue weighted by Crippen LogP contribution is -2.57. The fourth-order valence-electron chi connectivity index (χ4n) is 8.59. The molecule has 0 aromatic carbocycles. The van der Waals surface area contributed by atoms with Crippen molar-refractivity contribution in [2.24, 2.45) is 34.0 Å². The second kappa shape index (κ2) is 5.10. The van der Waals surface area contributed by atoms with E-state index in [2.05, 4.69) is 37.6 Å². The van der Waals surface area contributed by atoms with Gasteiger partial charge in [0.15, 0.2) is 0 Å². The van der Waals surface area contributed by atoms with Crippen LogP contribution in [-0.2, 0) is 0 Å². The van der Waals surface area contributed by atoms with Crippen LogP contribution in [0.1, 0.15) is 65.2 Å². The molecule has 5 aliphatic rings. The Labute approximate surface area is 148 Å². The molecular weight excluding hydrogens is 292 g/mol. The molecule has 24 heavy (non-hydrogen) atoms. The average molecular weight is 329 g/mol. The van der Waals surface area contributed by atoms with Gasteiger partial charge in [0.2, 0.25) is 0 Å². The maximum Gasteiger partial charge on any atom is 0.0102 e. The van der Waals surface area contributed by atoms with Gasteiger partial charge in [-0.05, 0) is 99.0 Å². The molecule has 0 aromatic heterocycles. The summed E-state index contributed by atoms with van der Waals surface area (Å²) in [6, 6.07) is 0.721. The first-order valence-electron chi connectivity index (χ1n) is 10.6. The van der Waals surface area contributed by atoms with E-state index in [-0.39, 0.29) is 0 Å². The van der Waals surface area contributed by atoms with E-state index >= 15 is 0 Å². The van der Waals surface area contributed by atoms with Crippen LogP contribution in [0.2, 0.25) is 0 Å². The summed E-state index contributed by atoms with van der Waals surface area (Å²) in [5.74, 6) is 2.89. The van der Waals surface area contributed by atoms with Crippen molar-refractivity contribution in [2.75, 3.05) is 20.1 Å². The van der Waals surface area contributed by atoms with E-state index in [9.17, 15) is 0 Å². The lowest BCUT2D eigenvalue weighted by Gasteiger charge is -2.63. The van der Waals surface area contributed by atoms with Gasteiger partial charge in [0, 0.05) is 12.6 Å². The Morgan fingerprint density at radius 1 is 1.08 bits per heavy atom. The van der Waals surface area contributed by atoms with E-state index in [0.29, 0.717) is 16.2 Å². The average Bonchev–Trinajstić information content (AvgIpc) is 3.12. The van der Waals surface area contributed by atoms with Gasteiger partial charge in [-0.15, -0.1) is 0 Å². The summed E-state index contributed by atoms with van der Waals surface area (Å²) < 4.78 is 0. The molecule has 134 valence electrons. The Hall–Kier alpha value is -0.340. The number of hydrogen-bond donors (Lipinski definition) is 2. The van der Waals surface area contributed by atoms with Crippen molar-refractivity contribution in [1.29, 1.82) is 0 Å². The van der Waals surface area contributed by atoms with Gasteiger partial charge in [0.25, 0.3) is 0 Å². The number of allylic oxidation sites excluding steroid dienone is 1. The van der Waals surface area contributed by atoms with Crippen molar-refractivity contribution in [3.8, 4) is 0 Å². The molecule has 1 heterocycles. The van der Waals surface area contributed by atoms with Gasteiger partial charge in [0.1, 0.15) is 0 Å². The van der Waals surface area contributed by atoms with Crippen LogP contribution in [0.25, 0.3) is 0 Å². The summed E-state index contributed by atoms with van der Waals surface area (Å²) in [5, 5.41) is 7.34. The zero-order chi connectivity index (χ0) is 16.6. The molecule has 7 unspecified atom stereocenters. The van der Waals surface area contributed by atoms with E-state index in [1.54, 1.807) is 0 Å². The Balaban J connectivity index is 1.53. The predicted octanol–water partition coefficient (Wildman–Crippen LogP) is 4.13. The first-order chi connectivity index (χ1) is 11.5. The van der Waals surface area contributed by atoms with Crippen LogP contribution in [0, 0.1) is 34.0 Å². The van der Waals surface area contributed by atoms with E-state index in [4.69, 9.17) is 0 Å². The minimum Gasteiger partial charge on any atom is -0.317 e. The van der Waals surface area contributed by atoms with E-state index < -0.39 is 0 Å². The van der Waals surface area contributed by atoms with Gasteiger partial charge >= 0.3 is 0 Å². The lowest BCUT2D eigenvalue weighted by atomic mass is 9.41. The van der Waals surface area contributed by atoms with Crippen molar-refractivity contribution in [3.05, 3.63) is 11.6 Å². The van der Waals surface area contributed by atoms with Crippen molar-refractivity contribution in [2.45, 2.75) is 71.3 Å². The van der Waals surface area contributed by atoms with Gasteiger partial charge in [-0.1, -0.05) is 25.5 Å². The summed E-state index contributed by atoms with van der Waals surface area (Å²) >= 11 is 0. The molecule has 5 rings (SSSR count). The first-order valence-corrected chi connectivity index (χ1v) is 10.6. The first kappa shape index (κ1) is 15.9. The molecule has 1 aliphatic heterocycles. The molecule has 7 atom stereocenters. The third-order valence-corrected chi connectivity index (χ3v) is 9.82. The SMILES string of the molecule is CNC1CCC2(C)C(=CCC3(C)C2CCC24CNCC2CCC34)C1. The quantitative estimate of drug-likeness (QED) is 0.707. The van der Waals surface area contributed by atoms with Crippen molar-refractivity contribution in [3.63, 3.8) is 0 Å². The fraction of sp³-hybridized carbons (Fsp3) is 0.909. The molecule has 0 aromatic rings. The van der Waals surface area contributed by atoms with Gasteiger partial charge in [-0.25, -0.2) is 0 Å². The molecule has 0 radical (unpaired) electrons. The monoisotopic (exact) mass is 328 g/mol. The van der Waals surface area contributed by atoms with Gasteiger partial charge in [-0.3, -0.25) is 0 Å². The largest absolute Gasteiger partial charge is 0.317 e. The van der Waals surface area contributed by atoms with Crippen LogP contribution in [-0.4, -0.2) is 26.2 Å². The van der Waals surface area contributed by atoms with Gasteiger partial charge in [-0.2, -0.15) is 0 Å². The minimum atomic E-state index is 0.492. The minimum absolute atomic E-state index is 0.492. The van der Waals surface area contributed by atoms with Gasteiger partial charge in [0.05, 0.1) is 0 Å². The van der Waals surface area contributed by atoms with Crippen molar-refractivity contribution < 1.29 is 0 Å². The molecule has 4 aliphatic carbocycles. The number of rotatable bonds is 1. The third-order valence-electron chi connectivity index (χ3n) is 9.82. The number of nitrogens with one attached hydrogen (secondary N) is 2. The maximum atomic E-state index is 3.78. The number of hydrogen-bond acceptors (Lipinski definition) is 2. The highest BCUT2D eigenvalue weighted by Crippen LogP contribution is 2.71. The topological polar surface area (TPSA) is 24.1 Å². The third kappa shape index (κ3) is 1.80. The Kier molecular flexibility index (Phi) is 3.37. The molecule has 1 saturated heterocycles. The van der Waals surface area contributed by atoms with Gasteiger partial charge < -0.3 is 10.6 Å². The molecule has 0 amide bonds. The Morgan fingerprint density at radius 3 is 2.79 bits per heavy atom. The normalized spacial score (nSPS) is 56.0. The van der Waals surface area contributed by atoms with E-state index in [1.807, 2.05) is 5.57 Å². The molecule has 0 bridgehead atoms. The molecule has 1 spiro atoms. The number of fused-ring (bicyclic) bond motifs is 4. The van der Waals surface area contributed by atoms with Crippen LogP contribution in [0.3, 0.4) is 0 Å². The summed E-state index contributed by atoms with van der Waals surface area (Å²) in [5.41, 5.74) is 3.52. The standard InChI is InChI=1S/C22H36N2/c1-20-10-7-17(23-3)12-15(20)6-9-21(2)18(20)8-11-22-14-24-13-16(22)4-5-19(21)22/h6,16-19,23-24H,4-5,7-14H2,1-3H3. The highest BCUT2D eigenvalue weighted by molar-refractivity contribution is 5.29. The second-order valence-electron chi connectivity index (χ2n) is 10.4. The highest BCUT2D eigenvalue weighted by atomic mass is 15.0. The summed E-state index contributed by atoms with van der Waals surface area (Å²) in [7, 11) is 2.15. The summed E-state index contributed by atoms with van der Waals surface area (Å²) in [6.45, 7) is 7.97. The lowest BCUT2D eigenvalue weighted by molar-refractivity contribution is -0.101. The molecule has 2 heteroatoms. The van der Waals surface area contributed by atoms with Crippen LogP contribution in [0.5, 0.6) is 0 Å². The van der Waals surface area contributed by atoms with E-state index in [0.717, 1.165) is 23.8 Å². The second-order valence-corrected chi connectivity index (χ2v) is 10.4. The Bertz CT molecular complexity index is 568. The fourth-order valence-corrected chi connectivity index (χ4v) is 8.59. The molecular formula is C22H36N2. The van der Waals surface area contributed by atoms with Crippen LogP contribution in [0.15, 0.2) is 11.6 Å². The zero-order valence-electron chi connectivity index (χ0n) is 16.0. The summed E-state index contributed by atoms with van der Waals surface area (Å²) in [6.07, 6.45) is 14.2. The predicted molar refractivity (Wildman–Crippen MR) is 99.9 cm³/mol. The van der Waals surface area contributed by atoms with Crippen LogP contribution in [0.4, 0.5) is 0 Å². The zero-order valence-corrected chi connectivity index (χ0v) is 16.0. The van der Waals surface area contributed by atoms with Crippen molar-refractivity contribution >= 4 is 0 Å². The summed E-state index contributed by atoms with van der Waals surface area (Å²) in [4.78, 5) is 0. The Morgan fingerprint density at radius 2 is 1.96 bits per heavy atom. The van der Waals surface area contributed by atoms with Crippen LogP contribution >= 0.6 is 0 Å². The maximum absolute atomic E-state index is 3.78. The molecule has 3 saturated carbocycles. The van der Waals surface area contributed by atoms with Crippen molar-refractivity contribution in [1.82, 2.24) is 10.6 Å².